The normalized spacial score (nSPS) is 16.4. The molecule has 1 aliphatic carbocycles. The van der Waals surface area contributed by atoms with Gasteiger partial charge in [0.1, 0.15) is 5.75 Å². The number of carbonyl (C=O) groups excluding carboxylic acids is 2. The first-order valence-corrected chi connectivity index (χ1v) is 12.5. The van der Waals surface area contributed by atoms with E-state index in [9.17, 15) is 9.59 Å². The maximum absolute atomic E-state index is 13.0. The number of nitrogens with zero attached hydrogens (tertiary/aromatic N) is 3. The molecule has 1 atom stereocenters. The maximum atomic E-state index is 13.0. The summed E-state index contributed by atoms with van der Waals surface area (Å²) in [5, 5.41) is 0. The van der Waals surface area contributed by atoms with Crippen molar-refractivity contribution in [1.82, 2.24) is 14.7 Å². The molecule has 8 nitrogen and oxygen atoms in total. The van der Waals surface area contributed by atoms with Crippen LogP contribution in [0.2, 0.25) is 0 Å². The number of likely N-dealkylation sites (N-methyl/N-ethyl adjacent to an activating group) is 1. The number of hydrogen-bond donors (Lipinski definition) is 0. The summed E-state index contributed by atoms with van der Waals surface area (Å²) < 4.78 is 16.3. The minimum atomic E-state index is -0.372. The predicted molar refractivity (Wildman–Crippen MR) is 138 cm³/mol. The second-order valence-corrected chi connectivity index (χ2v) is 9.89. The number of amides is 2. The monoisotopic (exact) mass is 495 g/mol. The fourth-order valence-electron chi connectivity index (χ4n) is 5.03. The van der Waals surface area contributed by atoms with Gasteiger partial charge in [-0.3, -0.25) is 4.79 Å². The van der Waals surface area contributed by atoms with E-state index in [1.165, 1.54) is 27.2 Å². The molecule has 2 amide bonds. The first-order chi connectivity index (χ1) is 17.3. The van der Waals surface area contributed by atoms with Gasteiger partial charge < -0.3 is 28.9 Å². The topological polar surface area (TPSA) is 71.5 Å². The van der Waals surface area contributed by atoms with E-state index in [0.29, 0.717) is 18.1 Å². The standard InChI is InChI=1S/C28H37N3O5/c1-29(2)28(33)36-23-6-7-24-21(15-23)14-22(24)18-30(3)11-10-27(32)31-12-8-19-16-25(34-4)26(35-5)17-20(19)9-13-31/h6-7,15-17,22H,8-14,18H2,1-5H3. The molecule has 2 aromatic carbocycles. The lowest BCUT2D eigenvalue weighted by molar-refractivity contribution is -0.131. The van der Waals surface area contributed by atoms with Gasteiger partial charge >= 0.3 is 6.09 Å². The molecule has 0 fully saturated rings. The molecule has 1 heterocycles. The van der Waals surface area contributed by atoms with Crippen molar-refractivity contribution in [2.75, 3.05) is 61.5 Å². The molecule has 0 aromatic heterocycles. The highest BCUT2D eigenvalue weighted by molar-refractivity contribution is 5.76. The Morgan fingerprint density at radius 3 is 2.14 bits per heavy atom. The number of methoxy groups -OCH3 is 2. The first-order valence-electron chi connectivity index (χ1n) is 12.5. The second-order valence-electron chi connectivity index (χ2n) is 9.89. The lowest BCUT2D eigenvalue weighted by atomic mass is 9.77. The average Bonchev–Trinajstić information content (AvgIpc) is 3.07. The fraction of sp³-hybridized carbons (Fsp3) is 0.500. The number of carbonyl (C=O) groups is 2. The molecule has 0 bridgehead atoms. The van der Waals surface area contributed by atoms with Crippen molar-refractivity contribution in [3.8, 4) is 17.2 Å². The van der Waals surface area contributed by atoms with Crippen LogP contribution in [0.15, 0.2) is 30.3 Å². The Bertz CT molecular complexity index is 1080. The molecule has 2 aliphatic rings. The molecular formula is C28H37N3O5. The van der Waals surface area contributed by atoms with Crippen LogP contribution >= 0.6 is 0 Å². The molecular weight excluding hydrogens is 458 g/mol. The van der Waals surface area contributed by atoms with Crippen LogP contribution in [0.3, 0.4) is 0 Å². The van der Waals surface area contributed by atoms with Gasteiger partial charge in [-0.25, -0.2) is 4.79 Å². The van der Waals surface area contributed by atoms with Crippen LogP contribution in [0.4, 0.5) is 4.79 Å². The van der Waals surface area contributed by atoms with E-state index >= 15 is 0 Å². The smallest absolute Gasteiger partial charge is 0.414 e. The van der Waals surface area contributed by atoms with Crippen LogP contribution in [0.1, 0.15) is 34.6 Å². The van der Waals surface area contributed by atoms with E-state index in [2.05, 4.69) is 18.0 Å². The summed E-state index contributed by atoms with van der Waals surface area (Å²) in [6.45, 7) is 3.08. The van der Waals surface area contributed by atoms with E-state index in [-0.39, 0.29) is 12.0 Å². The summed E-state index contributed by atoms with van der Waals surface area (Å²) >= 11 is 0. The van der Waals surface area contributed by atoms with E-state index in [0.717, 1.165) is 56.9 Å². The van der Waals surface area contributed by atoms with Gasteiger partial charge in [-0.1, -0.05) is 6.07 Å². The van der Waals surface area contributed by atoms with Crippen molar-refractivity contribution in [3.05, 3.63) is 52.6 Å². The molecule has 1 unspecified atom stereocenters. The van der Waals surface area contributed by atoms with Crippen LogP contribution < -0.4 is 14.2 Å². The Morgan fingerprint density at radius 1 is 0.944 bits per heavy atom. The van der Waals surface area contributed by atoms with E-state index < -0.39 is 0 Å². The quantitative estimate of drug-likeness (QED) is 0.559. The molecule has 0 N–H and O–H groups in total. The van der Waals surface area contributed by atoms with Crippen molar-refractivity contribution < 1.29 is 23.8 Å². The van der Waals surface area contributed by atoms with E-state index in [4.69, 9.17) is 14.2 Å². The van der Waals surface area contributed by atoms with Crippen molar-refractivity contribution in [2.45, 2.75) is 31.6 Å². The first kappa shape index (κ1) is 25.8. The highest BCUT2D eigenvalue weighted by atomic mass is 16.6. The zero-order valence-electron chi connectivity index (χ0n) is 22.0. The predicted octanol–water partition coefficient (Wildman–Crippen LogP) is 3.35. The van der Waals surface area contributed by atoms with Gasteiger partial charge in [0, 0.05) is 52.6 Å². The third-order valence-corrected chi connectivity index (χ3v) is 7.19. The highest BCUT2D eigenvalue weighted by Crippen LogP contribution is 2.38. The number of ether oxygens (including phenoxy) is 3. The summed E-state index contributed by atoms with van der Waals surface area (Å²) in [5.74, 6) is 2.70. The minimum Gasteiger partial charge on any atom is -0.493 e. The zero-order valence-corrected chi connectivity index (χ0v) is 22.0. The van der Waals surface area contributed by atoms with Crippen molar-refractivity contribution in [3.63, 3.8) is 0 Å². The number of rotatable bonds is 8. The summed E-state index contributed by atoms with van der Waals surface area (Å²) in [4.78, 5) is 30.4. The van der Waals surface area contributed by atoms with Crippen LogP contribution in [-0.4, -0.2) is 88.2 Å². The van der Waals surface area contributed by atoms with Gasteiger partial charge in [0.15, 0.2) is 11.5 Å². The third kappa shape index (κ3) is 5.75. The highest BCUT2D eigenvalue weighted by Gasteiger charge is 2.28. The Hall–Kier alpha value is -3.26. The van der Waals surface area contributed by atoms with Crippen LogP contribution in [0.25, 0.3) is 0 Å². The maximum Gasteiger partial charge on any atom is 0.414 e. The van der Waals surface area contributed by atoms with Gasteiger partial charge in [-0.05, 0) is 72.8 Å². The molecule has 1 aliphatic heterocycles. The van der Waals surface area contributed by atoms with Crippen molar-refractivity contribution >= 4 is 12.0 Å². The minimum absolute atomic E-state index is 0.204. The largest absolute Gasteiger partial charge is 0.493 e. The lowest BCUT2D eigenvalue weighted by Gasteiger charge is -2.34. The van der Waals surface area contributed by atoms with Gasteiger partial charge in [-0.2, -0.15) is 0 Å². The molecule has 194 valence electrons. The van der Waals surface area contributed by atoms with Gasteiger partial charge in [0.25, 0.3) is 0 Å². The number of hydrogen-bond acceptors (Lipinski definition) is 6. The number of fused-ring (bicyclic) bond motifs is 2. The summed E-state index contributed by atoms with van der Waals surface area (Å²) in [7, 11) is 8.71. The summed E-state index contributed by atoms with van der Waals surface area (Å²) in [6.07, 6.45) is 2.74. The second kappa shape index (κ2) is 11.2. The number of benzene rings is 2. The van der Waals surface area contributed by atoms with Crippen LogP contribution in [0.5, 0.6) is 17.2 Å². The van der Waals surface area contributed by atoms with Gasteiger partial charge in [0.2, 0.25) is 5.91 Å². The van der Waals surface area contributed by atoms with Gasteiger partial charge in [-0.15, -0.1) is 0 Å². The molecule has 2 aromatic rings. The molecule has 0 radical (unpaired) electrons. The summed E-state index contributed by atoms with van der Waals surface area (Å²) in [6, 6.07) is 9.96. The summed E-state index contributed by atoms with van der Waals surface area (Å²) in [5.41, 5.74) is 4.98. The van der Waals surface area contributed by atoms with Crippen LogP contribution in [-0.2, 0) is 24.1 Å². The molecule has 36 heavy (non-hydrogen) atoms. The fourth-order valence-corrected chi connectivity index (χ4v) is 5.03. The van der Waals surface area contributed by atoms with Crippen LogP contribution in [0, 0.1) is 0 Å². The van der Waals surface area contributed by atoms with Crippen molar-refractivity contribution in [2.24, 2.45) is 0 Å². The molecule has 0 spiro atoms. The Kier molecular flexibility index (Phi) is 8.04. The van der Waals surface area contributed by atoms with E-state index in [1.54, 1.807) is 28.3 Å². The average molecular weight is 496 g/mol. The Morgan fingerprint density at radius 2 is 1.58 bits per heavy atom. The Balaban J connectivity index is 1.25. The van der Waals surface area contributed by atoms with Crippen molar-refractivity contribution in [1.29, 1.82) is 0 Å². The molecule has 4 rings (SSSR count). The Labute approximate surface area is 213 Å². The SMILES string of the molecule is COc1cc2c(cc1OC)CCN(C(=O)CCN(C)CC1Cc3cc(OC(=O)N(C)C)ccc31)CC2. The molecule has 0 saturated heterocycles. The molecule has 0 saturated carbocycles. The lowest BCUT2D eigenvalue weighted by Crippen LogP contribution is -2.37. The zero-order chi connectivity index (χ0) is 25.8. The molecule has 8 heteroatoms. The third-order valence-electron chi connectivity index (χ3n) is 7.19. The van der Waals surface area contributed by atoms with E-state index in [1.807, 2.05) is 29.2 Å². The van der Waals surface area contributed by atoms with Gasteiger partial charge in [0.05, 0.1) is 14.2 Å².